The Hall–Kier alpha value is -1.06. The number of hydrogen-bond acceptors (Lipinski definition) is 4. The zero-order chi connectivity index (χ0) is 15.1. The van der Waals surface area contributed by atoms with Crippen LogP contribution in [0, 0.1) is 5.92 Å². The maximum Gasteiger partial charge on any atom is 0.309 e. The summed E-state index contributed by atoms with van der Waals surface area (Å²) >= 11 is 0. The van der Waals surface area contributed by atoms with Gasteiger partial charge in [0.05, 0.1) is 12.3 Å². The number of esters is 2. The molecule has 2 aliphatic rings. The van der Waals surface area contributed by atoms with Crippen molar-refractivity contribution in [3.8, 4) is 0 Å². The molecule has 0 aliphatic heterocycles. The highest BCUT2D eigenvalue weighted by atomic mass is 16.6. The second-order valence-electron chi connectivity index (χ2n) is 6.55. The summed E-state index contributed by atoms with van der Waals surface area (Å²) < 4.78 is 11.0. The Bertz CT molecular complexity index is 341. The summed E-state index contributed by atoms with van der Waals surface area (Å²) in [6.07, 6.45) is 11.1. The molecule has 0 aromatic heterocycles. The van der Waals surface area contributed by atoms with Crippen LogP contribution in [0.1, 0.15) is 77.6 Å². The van der Waals surface area contributed by atoms with Crippen molar-refractivity contribution in [3.63, 3.8) is 0 Å². The van der Waals surface area contributed by atoms with Crippen molar-refractivity contribution < 1.29 is 19.1 Å². The van der Waals surface area contributed by atoms with Crippen LogP contribution in [0.2, 0.25) is 0 Å². The highest BCUT2D eigenvalue weighted by Crippen LogP contribution is 2.23. The van der Waals surface area contributed by atoms with Gasteiger partial charge in [0.2, 0.25) is 0 Å². The Morgan fingerprint density at radius 1 is 0.857 bits per heavy atom. The van der Waals surface area contributed by atoms with E-state index in [0.29, 0.717) is 0 Å². The average molecular weight is 296 g/mol. The van der Waals surface area contributed by atoms with Crippen LogP contribution in [-0.2, 0) is 19.1 Å². The van der Waals surface area contributed by atoms with Crippen LogP contribution in [-0.4, -0.2) is 24.1 Å². The Labute approximate surface area is 127 Å². The van der Waals surface area contributed by atoms with Crippen molar-refractivity contribution in [2.75, 3.05) is 0 Å². The van der Waals surface area contributed by atoms with Gasteiger partial charge >= 0.3 is 11.9 Å². The molecular weight excluding hydrogens is 268 g/mol. The van der Waals surface area contributed by atoms with Gasteiger partial charge in [0.15, 0.2) is 0 Å². The molecule has 0 N–H and O–H groups in total. The van der Waals surface area contributed by atoms with E-state index >= 15 is 0 Å². The molecular formula is C17H28O4. The first-order chi connectivity index (χ1) is 10.1. The molecule has 0 heterocycles. The third-order valence-electron chi connectivity index (χ3n) is 4.56. The van der Waals surface area contributed by atoms with Crippen LogP contribution >= 0.6 is 0 Å². The van der Waals surface area contributed by atoms with Gasteiger partial charge in [0.25, 0.3) is 0 Å². The van der Waals surface area contributed by atoms with Gasteiger partial charge in [-0.25, -0.2) is 0 Å². The summed E-state index contributed by atoms with van der Waals surface area (Å²) in [4.78, 5) is 23.9. The molecule has 0 aromatic rings. The molecule has 0 bridgehead atoms. The molecule has 2 saturated carbocycles. The van der Waals surface area contributed by atoms with E-state index in [2.05, 4.69) is 0 Å². The second kappa shape index (κ2) is 8.40. The molecule has 0 spiro atoms. The zero-order valence-electron chi connectivity index (χ0n) is 13.1. The Kier molecular flexibility index (Phi) is 6.52. The van der Waals surface area contributed by atoms with Gasteiger partial charge in [-0.15, -0.1) is 0 Å². The lowest BCUT2D eigenvalue weighted by molar-refractivity contribution is -0.161. The molecule has 1 atom stereocenters. The standard InChI is InChI=1S/C17H28O4/c1-13(17(19)21-15-10-6-3-7-11-15)12-16(18)20-14-8-4-2-5-9-14/h13-15H,2-12H2,1H3. The zero-order valence-corrected chi connectivity index (χ0v) is 13.1. The summed E-state index contributed by atoms with van der Waals surface area (Å²) in [5.74, 6) is -0.902. The summed E-state index contributed by atoms with van der Waals surface area (Å²) in [7, 11) is 0. The van der Waals surface area contributed by atoms with Crippen molar-refractivity contribution in [2.45, 2.75) is 89.8 Å². The predicted molar refractivity (Wildman–Crippen MR) is 79.7 cm³/mol. The summed E-state index contributed by atoms with van der Waals surface area (Å²) in [5, 5.41) is 0. The molecule has 4 nitrogen and oxygen atoms in total. The molecule has 0 saturated heterocycles. The smallest absolute Gasteiger partial charge is 0.309 e. The average Bonchev–Trinajstić information content (AvgIpc) is 2.49. The maximum atomic E-state index is 12.0. The molecule has 21 heavy (non-hydrogen) atoms. The Morgan fingerprint density at radius 2 is 1.33 bits per heavy atom. The number of hydrogen-bond donors (Lipinski definition) is 0. The number of carbonyl (C=O) groups excluding carboxylic acids is 2. The minimum absolute atomic E-state index is 0.0584. The van der Waals surface area contributed by atoms with Gasteiger partial charge in [0, 0.05) is 0 Å². The predicted octanol–water partition coefficient (Wildman–Crippen LogP) is 3.76. The Morgan fingerprint density at radius 3 is 1.86 bits per heavy atom. The normalized spacial score (nSPS) is 22.5. The van der Waals surface area contributed by atoms with Crippen LogP contribution < -0.4 is 0 Å². The lowest BCUT2D eigenvalue weighted by Gasteiger charge is -2.24. The van der Waals surface area contributed by atoms with E-state index in [1.807, 2.05) is 0 Å². The Balaban J connectivity index is 1.67. The van der Waals surface area contributed by atoms with Crippen LogP contribution in [0.15, 0.2) is 0 Å². The van der Waals surface area contributed by atoms with E-state index in [-0.39, 0.29) is 30.6 Å². The molecule has 2 aliphatic carbocycles. The number of ether oxygens (including phenoxy) is 2. The first-order valence-electron chi connectivity index (χ1n) is 8.55. The highest BCUT2D eigenvalue weighted by Gasteiger charge is 2.25. The van der Waals surface area contributed by atoms with Gasteiger partial charge in [-0.3, -0.25) is 9.59 Å². The lowest BCUT2D eigenvalue weighted by Crippen LogP contribution is -2.28. The SMILES string of the molecule is CC(CC(=O)OC1CCCCC1)C(=O)OC1CCCCC1. The van der Waals surface area contributed by atoms with E-state index in [9.17, 15) is 9.59 Å². The first kappa shape index (κ1) is 16.3. The third kappa shape index (κ3) is 5.68. The van der Waals surface area contributed by atoms with Gasteiger partial charge in [-0.2, -0.15) is 0 Å². The molecule has 120 valence electrons. The number of carbonyl (C=O) groups is 2. The topological polar surface area (TPSA) is 52.6 Å². The molecule has 0 radical (unpaired) electrons. The van der Waals surface area contributed by atoms with Crippen molar-refractivity contribution in [1.29, 1.82) is 0 Å². The molecule has 0 amide bonds. The van der Waals surface area contributed by atoms with Crippen molar-refractivity contribution in [3.05, 3.63) is 0 Å². The van der Waals surface area contributed by atoms with E-state index in [0.717, 1.165) is 51.4 Å². The summed E-state index contributed by atoms with van der Waals surface area (Å²) in [5.41, 5.74) is 0. The maximum absolute atomic E-state index is 12.0. The second-order valence-corrected chi connectivity index (χ2v) is 6.55. The van der Waals surface area contributed by atoms with Crippen LogP contribution in [0.5, 0.6) is 0 Å². The van der Waals surface area contributed by atoms with E-state index in [1.165, 1.54) is 12.8 Å². The van der Waals surface area contributed by atoms with Crippen molar-refractivity contribution >= 4 is 11.9 Å². The largest absolute Gasteiger partial charge is 0.462 e. The van der Waals surface area contributed by atoms with Crippen molar-refractivity contribution in [2.24, 2.45) is 5.92 Å². The van der Waals surface area contributed by atoms with Crippen LogP contribution in [0.4, 0.5) is 0 Å². The van der Waals surface area contributed by atoms with Gasteiger partial charge in [-0.05, 0) is 51.4 Å². The molecule has 0 aromatic carbocycles. The fraction of sp³-hybridized carbons (Fsp3) is 0.882. The van der Waals surface area contributed by atoms with E-state index in [1.54, 1.807) is 6.92 Å². The molecule has 1 unspecified atom stereocenters. The minimum atomic E-state index is -0.400. The quantitative estimate of drug-likeness (QED) is 0.725. The number of rotatable bonds is 5. The van der Waals surface area contributed by atoms with Crippen LogP contribution in [0.3, 0.4) is 0 Å². The van der Waals surface area contributed by atoms with E-state index in [4.69, 9.17) is 9.47 Å². The highest BCUT2D eigenvalue weighted by molar-refractivity contribution is 5.79. The monoisotopic (exact) mass is 296 g/mol. The van der Waals surface area contributed by atoms with Gasteiger partial charge in [-0.1, -0.05) is 19.8 Å². The molecule has 2 fully saturated rings. The molecule has 2 rings (SSSR count). The summed E-state index contributed by atoms with van der Waals surface area (Å²) in [6, 6.07) is 0. The van der Waals surface area contributed by atoms with E-state index < -0.39 is 5.92 Å². The fourth-order valence-corrected chi connectivity index (χ4v) is 3.21. The summed E-state index contributed by atoms with van der Waals surface area (Å²) in [6.45, 7) is 1.76. The first-order valence-corrected chi connectivity index (χ1v) is 8.55. The third-order valence-corrected chi connectivity index (χ3v) is 4.56. The lowest BCUT2D eigenvalue weighted by atomic mass is 9.97. The van der Waals surface area contributed by atoms with Gasteiger partial charge in [0.1, 0.15) is 12.2 Å². The van der Waals surface area contributed by atoms with Gasteiger partial charge < -0.3 is 9.47 Å². The van der Waals surface area contributed by atoms with Crippen molar-refractivity contribution in [1.82, 2.24) is 0 Å². The fourth-order valence-electron chi connectivity index (χ4n) is 3.21. The van der Waals surface area contributed by atoms with Crippen LogP contribution in [0.25, 0.3) is 0 Å². The molecule has 4 heteroatoms. The minimum Gasteiger partial charge on any atom is -0.462 e.